The molecule has 0 amide bonds. The Morgan fingerprint density at radius 1 is 1.08 bits per heavy atom. The molecule has 0 N–H and O–H groups in total. The van der Waals surface area contributed by atoms with Crippen molar-refractivity contribution < 1.29 is 0 Å². The number of hydrogen-bond acceptors (Lipinski definition) is 0. The van der Waals surface area contributed by atoms with Crippen molar-refractivity contribution >= 4 is 11.6 Å². The van der Waals surface area contributed by atoms with Crippen LogP contribution in [0.1, 0.15) is 11.5 Å². The van der Waals surface area contributed by atoms with Gasteiger partial charge in [0, 0.05) is 11.0 Å². The number of allylic oxidation sites excluding steroid dienone is 4. The molecule has 60 valence electrons. The molecule has 12 heavy (non-hydrogen) atoms. The lowest BCUT2D eigenvalue weighted by atomic mass is 10.0. The fourth-order valence-corrected chi connectivity index (χ4v) is 1.66. The largest absolute Gasteiger partial charge is 0.0881 e. The quantitative estimate of drug-likeness (QED) is 0.615. The first-order valence-electron chi connectivity index (χ1n) is 3.97. The van der Waals surface area contributed by atoms with Gasteiger partial charge in [0.15, 0.2) is 0 Å². The van der Waals surface area contributed by atoms with Gasteiger partial charge in [-0.1, -0.05) is 54.1 Å². The third kappa shape index (κ3) is 1.30. The smallest absolute Gasteiger partial charge is 0.0380 e. The second kappa shape index (κ2) is 3.16. The van der Waals surface area contributed by atoms with Gasteiger partial charge in [0.2, 0.25) is 0 Å². The monoisotopic (exact) mass is 176 g/mol. The maximum absolute atomic E-state index is 6.01. The maximum Gasteiger partial charge on any atom is 0.0380 e. The normalized spacial score (nSPS) is 21.1. The molecule has 2 rings (SSSR count). The van der Waals surface area contributed by atoms with Crippen molar-refractivity contribution in [2.45, 2.75) is 5.92 Å². The van der Waals surface area contributed by atoms with Crippen LogP contribution in [0.4, 0.5) is 0 Å². The number of hydrogen-bond donors (Lipinski definition) is 0. The molecule has 0 spiro atoms. The molecule has 1 aliphatic rings. The highest BCUT2D eigenvalue weighted by atomic mass is 35.5. The van der Waals surface area contributed by atoms with Crippen molar-refractivity contribution in [1.82, 2.24) is 0 Å². The van der Waals surface area contributed by atoms with Gasteiger partial charge < -0.3 is 0 Å². The van der Waals surface area contributed by atoms with Crippen LogP contribution >= 0.6 is 11.6 Å². The van der Waals surface area contributed by atoms with E-state index in [4.69, 9.17) is 11.6 Å². The lowest BCUT2D eigenvalue weighted by molar-refractivity contribution is 1.08. The predicted molar refractivity (Wildman–Crippen MR) is 52.3 cm³/mol. The zero-order valence-electron chi connectivity index (χ0n) is 6.57. The molecular weight excluding hydrogens is 168 g/mol. The van der Waals surface area contributed by atoms with Gasteiger partial charge in [-0.2, -0.15) is 0 Å². The van der Waals surface area contributed by atoms with Crippen molar-refractivity contribution in [3.05, 3.63) is 59.2 Å². The average Bonchev–Trinajstić information content (AvgIpc) is 2.53. The average molecular weight is 177 g/mol. The van der Waals surface area contributed by atoms with Crippen molar-refractivity contribution in [2.75, 3.05) is 0 Å². The van der Waals surface area contributed by atoms with Crippen LogP contribution < -0.4 is 0 Å². The molecule has 0 saturated heterocycles. The molecule has 0 aliphatic heterocycles. The Balaban J connectivity index is 2.33. The fraction of sp³-hybridized carbons (Fsp3) is 0.0909. The van der Waals surface area contributed by atoms with Crippen LogP contribution in [0, 0.1) is 0 Å². The van der Waals surface area contributed by atoms with Gasteiger partial charge in [-0.05, 0) is 11.6 Å². The van der Waals surface area contributed by atoms with E-state index in [1.807, 2.05) is 30.4 Å². The standard InChI is InChI=1S/C11H9Cl/c12-11-8-4-7-10(11)9-5-2-1-3-6-9/h1-8,10H. The fourth-order valence-electron chi connectivity index (χ4n) is 1.38. The van der Waals surface area contributed by atoms with Crippen molar-refractivity contribution in [3.63, 3.8) is 0 Å². The third-order valence-electron chi connectivity index (χ3n) is 2.01. The first kappa shape index (κ1) is 7.63. The van der Waals surface area contributed by atoms with E-state index in [0.717, 1.165) is 5.03 Å². The van der Waals surface area contributed by atoms with Crippen LogP contribution in [0.25, 0.3) is 0 Å². The Morgan fingerprint density at radius 3 is 2.42 bits per heavy atom. The molecule has 0 heterocycles. The molecule has 1 aromatic carbocycles. The summed E-state index contributed by atoms with van der Waals surface area (Å²) >= 11 is 6.01. The van der Waals surface area contributed by atoms with Crippen LogP contribution in [0.3, 0.4) is 0 Å². The molecule has 0 nitrogen and oxygen atoms in total. The van der Waals surface area contributed by atoms with E-state index < -0.39 is 0 Å². The van der Waals surface area contributed by atoms with Gasteiger partial charge in [-0.25, -0.2) is 0 Å². The summed E-state index contributed by atoms with van der Waals surface area (Å²) in [5.74, 6) is 0.285. The molecule has 0 aromatic heterocycles. The van der Waals surface area contributed by atoms with E-state index in [-0.39, 0.29) is 5.92 Å². The van der Waals surface area contributed by atoms with E-state index in [0.29, 0.717) is 0 Å². The van der Waals surface area contributed by atoms with Crippen LogP contribution in [-0.2, 0) is 0 Å². The minimum absolute atomic E-state index is 0.285. The Labute approximate surface area is 77.2 Å². The summed E-state index contributed by atoms with van der Waals surface area (Å²) in [6, 6.07) is 10.3. The maximum atomic E-state index is 6.01. The highest BCUT2D eigenvalue weighted by molar-refractivity contribution is 6.31. The Morgan fingerprint density at radius 2 is 1.83 bits per heavy atom. The molecule has 1 atom stereocenters. The van der Waals surface area contributed by atoms with Crippen LogP contribution in [-0.4, -0.2) is 0 Å². The summed E-state index contributed by atoms with van der Waals surface area (Å²) in [6.45, 7) is 0. The third-order valence-corrected chi connectivity index (χ3v) is 2.38. The lowest BCUT2D eigenvalue weighted by Crippen LogP contribution is -1.90. The molecule has 0 bridgehead atoms. The molecule has 1 unspecified atom stereocenters. The molecular formula is C11H9Cl. The highest BCUT2D eigenvalue weighted by Gasteiger charge is 2.13. The number of halogens is 1. The van der Waals surface area contributed by atoms with E-state index in [1.54, 1.807) is 0 Å². The van der Waals surface area contributed by atoms with Gasteiger partial charge in [-0.15, -0.1) is 0 Å². The summed E-state index contributed by atoms with van der Waals surface area (Å²) in [5.41, 5.74) is 1.26. The molecule has 0 radical (unpaired) electrons. The summed E-state index contributed by atoms with van der Waals surface area (Å²) < 4.78 is 0. The van der Waals surface area contributed by atoms with Gasteiger partial charge in [0.25, 0.3) is 0 Å². The lowest BCUT2D eigenvalue weighted by Gasteiger charge is -2.07. The zero-order valence-corrected chi connectivity index (χ0v) is 7.33. The summed E-state index contributed by atoms with van der Waals surface area (Å²) in [4.78, 5) is 0. The minimum Gasteiger partial charge on any atom is -0.0881 e. The van der Waals surface area contributed by atoms with Gasteiger partial charge >= 0.3 is 0 Å². The second-order valence-electron chi connectivity index (χ2n) is 2.82. The summed E-state index contributed by atoms with van der Waals surface area (Å²) in [5, 5.41) is 0.904. The predicted octanol–water partition coefficient (Wildman–Crippen LogP) is 3.46. The van der Waals surface area contributed by atoms with Crippen LogP contribution in [0.15, 0.2) is 53.6 Å². The Hall–Kier alpha value is -1.01. The van der Waals surface area contributed by atoms with Crippen molar-refractivity contribution in [2.24, 2.45) is 0 Å². The zero-order chi connectivity index (χ0) is 8.39. The van der Waals surface area contributed by atoms with E-state index in [9.17, 15) is 0 Å². The first-order chi connectivity index (χ1) is 5.88. The number of benzene rings is 1. The van der Waals surface area contributed by atoms with E-state index in [1.165, 1.54) is 5.56 Å². The molecule has 0 saturated carbocycles. The summed E-state index contributed by atoms with van der Waals surface area (Å²) in [7, 11) is 0. The van der Waals surface area contributed by atoms with Crippen molar-refractivity contribution in [1.29, 1.82) is 0 Å². The van der Waals surface area contributed by atoms with E-state index >= 15 is 0 Å². The molecule has 0 fully saturated rings. The van der Waals surface area contributed by atoms with Crippen LogP contribution in [0.2, 0.25) is 0 Å². The molecule has 1 aliphatic carbocycles. The SMILES string of the molecule is ClC1=CC=CC1c1ccccc1. The van der Waals surface area contributed by atoms with E-state index in [2.05, 4.69) is 18.2 Å². The van der Waals surface area contributed by atoms with Crippen molar-refractivity contribution in [3.8, 4) is 0 Å². The highest BCUT2D eigenvalue weighted by Crippen LogP contribution is 2.32. The Kier molecular flexibility index (Phi) is 2.01. The van der Waals surface area contributed by atoms with Gasteiger partial charge in [0.1, 0.15) is 0 Å². The molecule has 1 heteroatoms. The number of rotatable bonds is 1. The van der Waals surface area contributed by atoms with Crippen LogP contribution in [0.5, 0.6) is 0 Å². The second-order valence-corrected chi connectivity index (χ2v) is 3.26. The Bertz CT molecular complexity index is 322. The summed E-state index contributed by atoms with van der Waals surface area (Å²) in [6.07, 6.45) is 6.05. The van der Waals surface area contributed by atoms with Gasteiger partial charge in [-0.3, -0.25) is 0 Å². The van der Waals surface area contributed by atoms with Gasteiger partial charge in [0.05, 0.1) is 0 Å². The minimum atomic E-state index is 0.285. The molecule has 1 aromatic rings. The first-order valence-corrected chi connectivity index (χ1v) is 4.34. The topological polar surface area (TPSA) is 0 Å².